The lowest BCUT2D eigenvalue weighted by Gasteiger charge is -2.32. The van der Waals surface area contributed by atoms with Gasteiger partial charge in [0.05, 0.1) is 18.2 Å². The summed E-state index contributed by atoms with van der Waals surface area (Å²) in [4.78, 5) is 37.4. The van der Waals surface area contributed by atoms with Gasteiger partial charge >= 0.3 is 0 Å². The van der Waals surface area contributed by atoms with E-state index in [1.54, 1.807) is 27.0 Å². The fourth-order valence-corrected chi connectivity index (χ4v) is 8.39. The van der Waals surface area contributed by atoms with Crippen LogP contribution in [0.5, 0.6) is 0 Å². The number of carbonyl (C=O) groups is 3. The Kier molecular flexibility index (Phi) is 19.2. The fraction of sp³-hybridized carbons (Fsp3) is 0.718. The maximum atomic E-state index is 13.2. The highest BCUT2D eigenvalue weighted by molar-refractivity contribution is 7.89. The highest BCUT2D eigenvalue weighted by Gasteiger charge is 2.32. The number of aliphatic hydroxyl groups excluding tert-OH is 1. The van der Waals surface area contributed by atoms with Crippen molar-refractivity contribution >= 4 is 29.4 Å². The molecule has 1 aliphatic heterocycles. The third-order valence-electron chi connectivity index (χ3n) is 10.3. The predicted octanol–water partition coefficient (Wildman–Crippen LogP) is 7.10. The van der Waals surface area contributed by atoms with Gasteiger partial charge in [0.1, 0.15) is 23.4 Å². The number of ether oxygens (including phenoxy) is 2. The molecule has 0 radical (unpaired) electrons. The van der Waals surface area contributed by atoms with Gasteiger partial charge < -0.3 is 19.1 Å². The van der Waals surface area contributed by atoms with Crippen molar-refractivity contribution in [2.75, 3.05) is 19.4 Å². The molecule has 48 heavy (non-hydrogen) atoms. The van der Waals surface area contributed by atoms with E-state index >= 15 is 0 Å². The Morgan fingerprint density at radius 3 is 2.38 bits per heavy atom. The van der Waals surface area contributed by atoms with Gasteiger partial charge in [-0.2, -0.15) is 0 Å². The first-order valence-electron chi connectivity index (χ1n) is 18.0. The lowest BCUT2D eigenvalue weighted by atomic mass is 9.79. The highest BCUT2D eigenvalue weighted by Crippen LogP contribution is 2.33. The molecule has 8 nitrogen and oxygen atoms in total. The minimum absolute atomic E-state index is 0.00256. The van der Waals surface area contributed by atoms with E-state index in [4.69, 9.17) is 9.47 Å². The molecular weight excluding hydrogens is 626 g/mol. The topological polar surface area (TPSA) is 116 Å². The number of hydrogen-bond donors (Lipinski definition) is 1. The number of rotatable bonds is 21. The molecule has 1 saturated heterocycles. The molecule has 10 atom stereocenters. The molecule has 0 spiro atoms. The predicted molar refractivity (Wildman–Crippen MR) is 194 cm³/mol. The summed E-state index contributed by atoms with van der Waals surface area (Å²) in [6.07, 6.45) is 17.6. The number of carbonyl (C=O) groups excluding carboxylic acids is 3. The van der Waals surface area contributed by atoms with Crippen LogP contribution >= 0.6 is 0 Å². The van der Waals surface area contributed by atoms with E-state index in [1.807, 2.05) is 36.4 Å². The van der Waals surface area contributed by atoms with Gasteiger partial charge in [-0.25, -0.2) is 0 Å². The second-order valence-corrected chi connectivity index (χ2v) is 15.9. The number of methoxy groups -OCH3 is 1. The molecule has 2 aliphatic rings. The maximum Gasteiger partial charge on any atom is 0.293 e. The van der Waals surface area contributed by atoms with Crippen LogP contribution in [0.4, 0.5) is 0 Å². The van der Waals surface area contributed by atoms with Crippen molar-refractivity contribution in [1.82, 2.24) is 4.31 Å². The largest absolute Gasteiger partial charge is 0.598 e. The van der Waals surface area contributed by atoms with Crippen molar-refractivity contribution in [3.63, 3.8) is 0 Å². The van der Waals surface area contributed by atoms with E-state index in [-0.39, 0.29) is 54.3 Å². The summed E-state index contributed by atoms with van der Waals surface area (Å²) >= 11 is -0.877. The van der Waals surface area contributed by atoms with Gasteiger partial charge in [0.25, 0.3) is 6.47 Å². The third-order valence-corrected chi connectivity index (χ3v) is 12.0. The molecule has 1 N–H and O–H groups in total. The number of allylic oxidation sites excluding steroid dienone is 6. The maximum absolute atomic E-state index is 13.2. The van der Waals surface area contributed by atoms with Gasteiger partial charge in [0, 0.05) is 56.1 Å². The molecule has 9 heteroatoms. The van der Waals surface area contributed by atoms with Crippen molar-refractivity contribution in [3.05, 3.63) is 47.6 Å². The quantitative estimate of drug-likeness (QED) is 0.0588. The summed E-state index contributed by atoms with van der Waals surface area (Å²) in [7, 11) is 1.75. The number of hydrogen-bond acceptors (Lipinski definition) is 8. The van der Waals surface area contributed by atoms with Crippen molar-refractivity contribution < 1.29 is 33.5 Å². The Balaban J connectivity index is 1.82. The van der Waals surface area contributed by atoms with Gasteiger partial charge in [0.15, 0.2) is 0 Å². The third kappa shape index (κ3) is 14.4. The van der Waals surface area contributed by atoms with Gasteiger partial charge in [-0.15, -0.1) is 4.31 Å². The van der Waals surface area contributed by atoms with E-state index in [9.17, 15) is 24.0 Å². The van der Waals surface area contributed by atoms with Crippen LogP contribution < -0.4 is 0 Å². The Hall–Kier alpha value is -2.04. The summed E-state index contributed by atoms with van der Waals surface area (Å²) in [5.41, 5.74) is 1.76. The molecule has 0 bridgehead atoms. The second-order valence-electron chi connectivity index (χ2n) is 14.4. The number of Topliss-reactive ketones (excluding diaryl/α,β-unsaturated/α-hetero) is 2. The SMILES string of the molecule is COC1CCCC(C[C@@H](C)[C@H](CC(=O)[C@H](C)/C=C(\C)C(O)CC(=O)C(C)C[C@H](C)/C=C/C=C/C=C(\C)C(C)N2CCC[S+]2[O-])OC=O)C1. The van der Waals surface area contributed by atoms with Gasteiger partial charge in [-0.05, 0) is 69.8 Å². The second kappa shape index (κ2) is 21.9. The molecule has 0 aromatic carbocycles. The monoisotopic (exact) mass is 689 g/mol. The molecule has 2 fully saturated rings. The van der Waals surface area contributed by atoms with Crippen LogP contribution in [-0.4, -0.2) is 75.8 Å². The van der Waals surface area contributed by atoms with E-state index in [2.05, 4.69) is 32.9 Å². The Bertz CT molecular complexity index is 1130. The van der Waals surface area contributed by atoms with Crippen LogP contribution in [0.3, 0.4) is 0 Å². The molecule has 0 aromatic heterocycles. The average molecular weight is 690 g/mol. The van der Waals surface area contributed by atoms with Crippen LogP contribution in [0, 0.1) is 29.6 Å². The highest BCUT2D eigenvalue weighted by atomic mass is 32.2. The summed E-state index contributed by atoms with van der Waals surface area (Å²) < 4.78 is 25.1. The van der Waals surface area contributed by atoms with Gasteiger partial charge in [-0.1, -0.05) is 82.6 Å². The molecule has 0 amide bonds. The summed E-state index contributed by atoms with van der Waals surface area (Å²) in [5, 5.41) is 10.8. The molecular formula is C39H63NO7S. The lowest BCUT2D eigenvalue weighted by molar-refractivity contribution is -0.139. The zero-order chi connectivity index (χ0) is 35.8. The van der Waals surface area contributed by atoms with Gasteiger partial charge in [0.2, 0.25) is 0 Å². The first-order valence-corrected chi connectivity index (χ1v) is 19.2. The zero-order valence-electron chi connectivity index (χ0n) is 30.8. The van der Waals surface area contributed by atoms with Crippen molar-refractivity contribution in [3.8, 4) is 0 Å². The number of aliphatic hydroxyl groups is 1. The van der Waals surface area contributed by atoms with E-state index in [0.717, 1.165) is 50.8 Å². The normalized spacial score (nSPS) is 25.8. The Morgan fingerprint density at radius 2 is 1.73 bits per heavy atom. The zero-order valence-corrected chi connectivity index (χ0v) is 31.6. The minimum atomic E-state index is -0.958. The van der Waals surface area contributed by atoms with Crippen molar-refractivity contribution in [2.45, 2.75) is 131 Å². The van der Waals surface area contributed by atoms with E-state index in [1.165, 1.54) is 5.57 Å². The van der Waals surface area contributed by atoms with Crippen LogP contribution in [0.15, 0.2) is 47.6 Å². The molecule has 1 heterocycles. The summed E-state index contributed by atoms with van der Waals surface area (Å²) in [5.74, 6) is 0.692. The van der Waals surface area contributed by atoms with E-state index in [0.29, 0.717) is 24.4 Å². The van der Waals surface area contributed by atoms with Crippen molar-refractivity contribution in [1.29, 1.82) is 0 Å². The number of ketones is 2. The minimum Gasteiger partial charge on any atom is -0.598 e. The molecule has 2 rings (SSSR count). The number of nitrogens with zero attached hydrogens (tertiary/aromatic N) is 1. The van der Waals surface area contributed by atoms with Crippen molar-refractivity contribution in [2.24, 2.45) is 29.6 Å². The average Bonchev–Trinajstić information content (AvgIpc) is 3.49. The molecule has 0 aromatic rings. The van der Waals surface area contributed by atoms with Gasteiger partial charge in [-0.3, -0.25) is 14.4 Å². The Labute approximate surface area is 293 Å². The molecule has 272 valence electrons. The first-order chi connectivity index (χ1) is 22.8. The fourth-order valence-electron chi connectivity index (χ4n) is 6.93. The van der Waals surface area contributed by atoms with Crippen LogP contribution in [0.2, 0.25) is 0 Å². The molecule has 1 saturated carbocycles. The van der Waals surface area contributed by atoms with Crippen LogP contribution in [0.1, 0.15) is 106 Å². The lowest BCUT2D eigenvalue weighted by Crippen LogP contribution is -2.35. The summed E-state index contributed by atoms with van der Waals surface area (Å²) in [6, 6.07) is 0.149. The van der Waals surface area contributed by atoms with Crippen LogP contribution in [0.25, 0.3) is 0 Å². The standard InChI is InChI=1S/C39H63NO7S/c1-27(14-10-9-11-15-28(2)33(7)40-18-13-19-48(40)45)20-29(3)36(42)24-37(43)30(4)21-31(5)38(44)25-39(47-26-41)32(6)22-34-16-12-17-35(23-34)46-8/h9-11,14-15,21,26-27,29,31-35,37,39,43H,12-13,16-20,22-25H2,1-8H3/b11-9+,14-10+,28-15+,30-21+/t27-,29?,31-,32-,33?,34?,35?,37?,39+,48?/m1/s1. The Morgan fingerprint density at radius 1 is 1.00 bits per heavy atom. The molecule has 1 aliphatic carbocycles. The van der Waals surface area contributed by atoms with E-state index < -0.39 is 29.5 Å². The smallest absolute Gasteiger partial charge is 0.293 e. The molecule has 6 unspecified atom stereocenters. The van der Waals surface area contributed by atoms with Crippen LogP contribution in [-0.2, 0) is 35.2 Å². The first kappa shape index (κ1) is 42.1. The summed E-state index contributed by atoms with van der Waals surface area (Å²) in [6.45, 7) is 15.0.